The van der Waals surface area contributed by atoms with E-state index in [-0.39, 0.29) is 0 Å². The van der Waals surface area contributed by atoms with Crippen LogP contribution in [0, 0.1) is 11.3 Å². The molecule has 1 aliphatic heterocycles. The summed E-state index contributed by atoms with van der Waals surface area (Å²) in [5, 5.41) is 3.42. The number of rotatable bonds is 0. The molecule has 12 heavy (non-hydrogen) atoms. The molecule has 1 saturated heterocycles. The molecule has 0 aromatic rings. The van der Waals surface area contributed by atoms with Crippen molar-refractivity contribution >= 4 is 0 Å². The molecular weight excluding hydrogens is 148 g/mol. The second-order valence-electron chi connectivity index (χ2n) is 4.65. The van der Waals surface area contributed by atoms with Crippen LogP contribution in [0.5, 0.6) is 0 Å². The summed E-state index contributed by atoms with van der Waals surface area (Å²) in [5.74, 6) is 0.753. The minimum atomic E-state index is 0.472. The molecule has 2 aliphatic rings. The second kappa shape index (κ2) is 3.00. The van der Waals surface area contributed by atoms with Crippen LogP contribution in [0.25, 0.3) is 0 Å². The first-order chi connectivity index (χ1) is 5.75. The van der Waals surface area contributed by atoms with Crippen molar-refractivity contribution in [2.24, 2.45) is 17.1 Å². The van der Waals surface area contributed by atoms with E-state index in [9.17, 15) is 0 Å². The number of hydrogen-bond donors (Lipinski definition) is 2. The van der Waals surface area contributed by atoms with Gasteiger partial charge in [0.15, 0.2) is 0 Å². The molecule has 3 N–H and O–H groups in total. The average Bonchev–Trinajstić information content (AvgIpc) is 2.37. The first kappa shape index (κ1) is 8.52. The van der Waals surface area contributed by atoms with Crippen molar-refractivity contribution in [3.05, 3.63) is 0 Å². The van der Waals surface area contributed by atoms with Crippen LogP contribution in [-0.2, 0) is 0 Å². The summed E-state index contributed by atoms with van der Waals surface area (Å²) in [6.07, 6.45) is 5.33. The molecule has 1 heterocycles. The third kappa shape index (κ3) is 1.17. The molecule has 0 bridgehead atoms. The van der Waals surface area contributed by atoms with Crippen molar-refractivity contribution in [2.45, 2.75) is 38.6 Å². The van der Waals surface area contributed by atoms with Crippen molar-refractivity contribution in [3.8, 4) is 0 Å². The van der Waals surface area contributed by atoms with Gasteiger partial charge in [-0.05, 0) is 50.1 Å². The largest absolute Gasteiger partial charge is 0.327 e. The first-order valence-corrected chi connectivity index (χ1v) is 5.21. The van der Waals surface area contributed by atoms with E-state index >= 15 is 0 Å². The van der Waals surface area contributed by atoms with Gasteiger partial charge in [0, 0.05) is 6.04 Å². The van der Waals surface area contributed by atoms with Gasteiger partial charge >= 0.3 is 0 Å². The molecule has 0 aromatic heterocycles. The maximum Gasteiger partial charge on any atom is 0.0122 e. The molecule has 2 rings (SSSR count). The molecule has 1 aliphatic carbocycles. The molecule has 2 heteroatoms. The Morgan fingerprint density at radius 3 is 2.42 bits per heavy atom. The fourth-order valence-corrected chi connectivity index (χ4v) is 2.97. The summed E-state index contributed by atoms with van der Waals surface area (Å²) in [4.78, 5) is 0. The van der Waals surface area contributed by atoms with Crippen LogP contribution in [0.2, 0.25) is 0 Å². The monoisotopic (exact) mass is 168 g/mol. The predicted molar refractivity (Wildman–Crippen MR) is 50.9 cm³/mol. The quantitative estimate of drug-likeness (QED) is 0.568. The Morgan fingerprint density at radius 2 is 1.92 bits per heavy atom. The lowest BCUT2D eigenvalue weighted by molar-refractivity contribution is 0.173. The number of piperidine rings is 1. The lowest BCUT2D eigenvalue weighted by Gasteiger charge is -2.38. The van der Waals surface area contributed by atoms with Crippen molar-refractivity contribution in [3.63, 3.8) is 0 Å². The number of nitrogens with two attached hydrogens (primary N) is 1. The van der Waals surface area contributed by atoms with Crippen LogP contribution in [0.15, 0.2) is 0 Å². The van der Waals surface area contributed by atoms with Gasteiger partial charge in [0.2, 0.25) is 0 Å². The fourth-order valence-electron chi connectivity index (χ4n) is 2.97. The Labute approximate surface area is 74.9 Å². The fraction of sp³-hybridized carbons (Fsp3) is 1.00. The Morgan fingerprint density at radius 1 is 1.25 bits per heavy atom. The molecule has 0 aromatic carbocycles. The Kier molecular flexibility index (Phi) is 2.13. The molecule has 0 unspecified atom stereocenters. The summed E-state index contributed by atoms with van der Waals surface area (Å²) < 4.78 is 0. The van der Waals surface area contributed by atoms with Crippen LogP contribution in [0.1, 0.15) is 32.6 Å². The third-order valence-corrected chi connectivity index (χ3v) is 4.02. The second-order valence-corrected chi connectivity index (χ2v) is 4.65. The zero-order chi connectivity index (χ0) is 8.60. The SMILES string of the molecule is C[C@H]1CCC2(CCNCC2)[C@@H]1N. The predicted octanol–water partition coefficient (Wildman–Crippen LogP) is 1.11. The van der Waals surface area contributed by atoms with Gasteiger partial charge in [0.1, 0.15) is 0 Å². The van der Waals surface area contributed by atoms with Gasteiger partial charge < -0.3 is 11.1 Å². The molecule has 1 spiro atoms. The Bertz CT molecular complexity index is 156. The van der Waals surface area contributed by atoms with E-state index in [4.69, 9.17) is 5.73 Å². The van der Waals surface area contributed by atoms with Crippen molar-refractivity contribution < 1.29 is 0 Å². The maximum absolute atomic E-state index is 6.26. The van der Waals surface area contributed by atoms with E-state index in [1.54, 1.807) is 0 Å². The summed E-state index contributed by atoms with van der Waals surface area (Å²) in [5.41, 5.74) is 6.78. The van der Waals surface area contributed by atoms with E-state index in [1.165, 1.54) is 38.8 Å². The highest BCUT2D eigenvalue weighted by atomic mass is 14.9. The summed E-state index contributed by atoms with van der Waals surface area (Å²) >= 11 is 0. The van der Waals surface area contributed by atoms with E-state index in [0.717, 1.165) is 5.92 Å². The van der Waals surface area contributed by atoms with Gasteiger partial charge in [-0.25, -0.2) is 0 Å². The van der Waals surface area contributed by atoms with Gasteiger partial charge in [-0.2, -0.15) is 0 Å². The summed E-state index contributed by atoms with van der Waals surface area (Å²) in [6.45, 7) is 4.67. The van der Waals surface area contributed by atoms with Gasteiger partial charge in [0.25, 0.3) is 0 Å². The zero-order valence-electron chi connectivity index (χ0n) is 7.97. The van der Waals surface area contributed by atoms with E-state index in [1.807, 2.05) is 0 Å². The molecule has 2 atom stereocenters. The number of nitrogens with one attached hydrogen (secondary N) is 1. The van der Waals surface area contributed by atoms with Gasteiger partial charge in [-0.3, -0.25) is 0 Å². The lowest BCUT2D eigenvalue weighted by atomic mass is 9.74. The highest BCUT2D eigenvalue weighted by Crippen LogP contribution is 2.46. The van der Waals surface area contributed by atoms with Crippen molar-refractivity contribution in [1.82, 2.24) is 5.32 Å². The highest BCUT2D eigenvalue weighted by molar-refractivity contribution is 5.00. The minimum Gasteiger partial charge on any atom is -0.327 e. The third-order valence-electron chi connectivity index (χ3n) is 4.02. The summed E-state index contributed by atoms with van der Waals surface area (Å²) in [7, 11) is 0. The molecular formula is C10H20N2. The Hall–Kier alpha value is -0.0800. The zero-order valence-corrected chi connectivity index (χ0v) is 7.97. The Balaban J connectivity index is 2.09. The standard InChI is InChI=1S/C10H20N2/c1-8-2-3-10(9(8)11)4-6-12-7-5-10/h8-9,12H,2-7,11H2,1H3/t8-,9+/m0/s1. The highest BCUT2D eigenvalue weighted by Gasteiger charge is 2.44. The maximum atomic E-state index is 6.26. The molecule has 2 nitrogen and oxygen atoms in total. The summed E-state index contributed by atoms with van der Waals surface area (Å²) in [6, 6.07) is 0.472. The normalized spacial score (nSPS) is 40.5. The molecule has 70 valence electrons. The van der Waals surface area contributed by atoms with Crippen molar-refractivity contribution in [2.75, 3.05) is 13.1 Å². The van der Waals surface area contributed by atoms with E-state index in [0.29, 0.717) is 11.5 Å². The molecule has 0 radical (unpaired) electrons. The van der Waals surface area contributed by atoms with Crippen LogP contribution < -0.4 is 11.1 Å². The first-order valence-electron chi connectivity index (χ1n) is 5.21. The van der Waals surface area contributed by atoms with E-state index < -0.39 is 0 Å². The van der Waals surface area contributed by atoms with Crippen LogP contribution in [-0.4, -0.2) is 19.1 Å². The van der Waals surface area contributed by atoms with E-state index in [2.05, 4.69) is 12.2 Å². The smallest absolute Gasteiger partial charge is 0.0122 e. The number of hydrogen-bond acceptors (Lipinski definition) is 2. The van der Waals surface area contributed by atoms with Crippen LogP contribution in [0.3, 0.4) is 0 Å². The van der Waals surface area contributed by atoms with Crippen molar-refractivity contribution in [1.29, 1.82) is 0 Å². The lowest BCUT2D eigenvalue weighted by Crippen LogP contribution is -2.46. The van der Waals surface area contributed by atoms with Gasteiger partial charge in [-0.15, -0.1) is 0 Å². The minimum absolute atomic E-state index is 0.472. The molecule has 1 saturated carbocycles. The molecule has 0 amide bonds. The van der Waals surface area contributed by atoms with Gasteiger partial charge in [0.05, 0.1) is 0 Å². The van der Waals surface area contributed by atoms with Crippen LogP contribution in [0.4, 0.5) is 0 Å². The van der Waals surface area contributed by atoms with Crippen LogP contribution >= 0.6 is 0 Å². The molecule has 2 fully saturated rings. The average molecular weight is 168 g/mol. The topological polar surface area (TPSA) is 38.0 Å². The van der Waals surface area contributed by atoms with Gasteiger partial charge in [-0.1, -0.05) is 6.92 Å².